The van der Waals surface area contributed by atoms with Gasteiger partial charge in [-0.3, -0.25) is 19.7 Å². The SMILES string of the molecule is COC(=O)[C@H]1NC(c2ccccc2)(c2ccccc2)[C@@H]2C(=O)N(c3ccc(OC)cc3)C(=O)[C@H]12. The molecule has 2 amide bonds. The molecular weight excluding hydrogens is 432 g/mol. The van der Waals surface area contributed by atoms with Gasteiger partial charge in [0.1, 0.15) is 11.8 Å². The molecule has 3 aromatic carbocycles. The highest BCUT2D eigenvalue weighted by Gasteiger charge is 2.68. The Morgan fingerprint density at radius 3 is 1.88 bits per heavy atom. The Kier molecular flexibility index (Phi) is 5.42. The number of esters is 1. The molecule has 3 aromatic rings. The molecule has 5 rings (SSSR count). The van der Waals surface area contributed by atoms with Crippen LogP contribution in [-0.2, 0) is 24.7 Å². The number of imide groups is 1. The van der Waals surface area contributed by atoms with Gasteiger partial charge in [0.2, 0.25) is 11.8 Å². The van der Waals surface area contributed by atoms with Gasteiger partial charge in [-0.1, -0.05) is 60.7 Å². The first-order chi connectivity index (χ1) is 16.5. The Morgan fingerprint density at radius 2 is 1.38 bits per heavy atom. The predicted octanol–water partition coefficient (Wildman–Crippen LogP) is 2.89. The van der Waals surface area contributed by atoms with Crippen molar-refractivity contribution in [2.24, 2.45) is 11.8 Å². The van der Waals surface area contributed by atoms with E-state index in [1.807, 2.05) is 60.7 Å². The Hall–Kier alpha value is -3.97. The summed E-state index contributed by atoms with van der Waals surface area (Å²) in [5, 5.41) is 3.38. The van der Waals surface area contributed by atoms with Crippen LogP contribution in [0.25, 0.3) is 0 Å². The van der Waals surface area contributed by atoms with Crippen molar-refractivity contribution >= 4 is 23.5 Å². The Balaban J connectivity index is 1.72. The van der Waals surface area contributed by atoms with E-state index in [1.165, 1.54) is 12.0 Å². The van der Waals surface area contributed by atoms with Crippen LogP contribution in [0, 0.1) is 11.8 Å². The van der Waals surface area contributed by atoms with E-state index in [1.54, 1.807) is 31.4 Å². The van der Waals surface area contributed by atoms with Gasteiger partial charge in [0.25, 0.3) is 0 Å². The van der Waals surface area contributed by atoms with Gasteiger partial charge < -0.3 is 9.47 Å². The fraction of sp³-hybridized carbons (Fsp3) is 0.222. The molecule has 0 aliphatic carbocycles. The van der Waals surface area contributed by atoms with Gasteiger partial charge in [0.15, 0.2) is 0 Å². The van der Waals surface area contributed by atoms with E-state index in [-0.39, 0.29) is 5.91 Å². The summed E-state index contributed by atoms with van der Waals surface area (Å²) in [5.74, 6) is -2.55. The molecule has 2 heterocycles. The second kappa shape index (κ2) is 8.43. The van der Waals surface area contributed by atoms with Gasteiger partial charge >= 0.3 is 5.97 Å². The van der Waals surface area contributed by atoms with Gasteiger partial charge in [-0.05, 0) is 35.4 Å². The smallest absolute Gasteiger partial charge is 0.323 e. The molecule has 7 nitrogen and oxygen atoms in total. The molecule has 0 radical (unpaired) electrons. The summed E-state index contributed by atoms with van der Waals surface area (Å²) in [6.07, 6.45) is 0. The highest BCUT2D eigenvalue weighted by molar-refractivity contribution is 6.24. The third kappa shape index (κ3) is 3.12. The molecule has 2 aliphatic rings. The van der Waals surface area contributed by atoms with Gasteiger partial charge in [0, 0.05) is 0 Å². The number of carbonyl (C=O) groups excluding carboxylic acids is 3. The van der Waals surface area contributed by atoms with Crippen LogP contribution in [0.15, 0.2) is 84.9 Å². The van der Waals surface area contributed by atoms with Crippen molar-refractivity contribution in [3.8, 4) is 5.75 Å². The summed E-state index contributed by atoms with van der Waals surface area (Å²) in [6.45, 7) is 0. The number of amides is 2. The minimum Gasteiger partial charge on any atom is -0.497 e. The fourth-order valence-electron chi connectivity index (χ4n) is 5.32. The Labute approximate surface area is 197 Å². The summed E-state index contributed by atoms with van der Waals surface area (Å²) >= 11 is 0. The number of hydrogen-bond acceptors (Lipinski definition) is 6. The largest absolute Gasteiger partial charge is 0.497 e. The number of benzene rings is 3. The van der Waals surface area contributed by atoms with Crippen LogP contribution in [0.4, 0.5) is 5.69 Å². The third-order valence-electron chi connectivity index (χ3n) is 6.80. The number of nitrogens with one attached hydrogen (secondary N) is 1. The second-order valence-corrected chi connectivity index (χ2v) is 8.40. The van der Waals surface area contributed by atoms with Crippen molar-refractivity contribution in [3.05, 3.63) is 96.1 Å². The number of fused-ring (bicyclic) bond motifs is 1. The zero-order valence-electron chi connectivity index (χ0n) is 18.8. The molecule has 0 bridgehead atoms. The molecule has 172 valence electrons. The van der Waals surface area contributed by atoms with Crippen LogP contribution < -0.4 is 15.0 Å². The van der Waals surface area contributed by atoms with Crippen molar-refractivity contribution in [2.75, 3.05) is 19.1 Å². The molecule has 0 saturated carbocycles. The van der Waals surface area contributed by atoms with Crippen LogP contribution in [0.3, 0.4) is 0 Å². The number of anilines is 1. The maximum atomic E-state index is 14.1. The monoisotopic (exact) mass is 456 g/mol. The molecule has 0 spiro atoms. The lowest BCUT2D eigenvalue weighted by Gasteiger charge is -2.36. The first kappa shape index (κ1) is 21.9. The quantitative estimate of drug-likeness (QED) is 0.470. The molecule has 0 unspecified atom stereocenters. The fourth-order valence-corrected chi connectivity index (χ4v) is 5.32. The molecule has 2 fully saturated rings. The summed E-state index contributed by atoms with van der Waals surface area (Å²) in [4.78, 5) is 41.9. The molecule has 7 heteroatoms. The van der Waals surface area contributed by atoms with E-state index in [9.17, 15) is 14.4 Å². The highest BCUT2D eigenvalue weighted by atomic mass is 16.5. The summed E-state index contributed by atoms with van der Waals surface area (Å²) < 4.78 is 10.3. The molecule has 34 heavy (non-hydrogen) atoms. The van der Waals surface area contributed by atoms with E-state index in [0.29, 0.717) is 11.4 Å². The van der Waals surface area contributed by atoms with Crippen molar-refractivity contribution < 1.29 is 23.9 Å². The minimum absolute atomic E-state index is 0.369. The van der Waals surface area contributed by atoms with Gasteiger partial charge in [0.05, 0.1) is 37.3 Å². The Bertz CT molecular complexity index is 1190. The molecule has 2 aliphatic heterocycles. The average Bonchev–Trinajstić information content (AvgIpc) is 3.39. The maximum absolute atomic E-state index is 14.1. The predicted molar refractivity (Wildman–Crippen MR) is 125 cm³/mol. The zero-order chi connectivity index (χ0) is 23.9. The standard InChI is InChI=1S/C27H24N2O5/c1-33-20-15-13-19(14-16-20)29-24(30)21-22(25(29)31)27(17-9-5-3-6-10-17,18-11-7-4-8-12-18)28-23(21)26(32)34-2/h3-16,21-23,28H,1-2H3/t21-,22-,23-/m0/s1. The van der Waals surface area contributed by atoms with Crippen molar-refractivity contribution in [2.45, 2.75) is 11.6 Å². The number of hydrogen-bond donors (Lipinski definition) is 1. The highest BCUT2D eigenvalue weighted by Crippen LogP contribution is 2.52. The molecule has 0 aromatic heterocycles. The normalized spacial score (nSPS) is 23.0. The van der Waals surface area contributed by atoms with Crippen LogP contribution in [0.5, 0.6) is 5.75 Å². The van der Waals surface area contributed by atoms with E-state index < -0.39 is 35.3 Å². The van der Waals surface area contributed by atoms with Crippen LogP contribution in [0.1, 0.15) is 11.1 Å². The van der Waals surface area contributed by atoms with E-state index in [4.69, 9.17) is 9.47 Å². The van der Waals surface area contributed by atoms with E-state index in [0.717, 1.165) is 11.1 Å². The number of nitrogens with zero attached hydrogens (tertiary/aromatic N) is 1. The summed E-state index contributed by atoms with van der Waals surface area (Å²) in [7, 11) is 2.83. The number of carbonyl (C=O) groups is 3. The van der Waals surface area contributed by atoms with Crippen molar-refractivity contribution in [1.29, 1.82) is 0 Å². The minimum atomic E-state index is -1.10. The van der Waals surface area contributed by atoms with Gasteiger partial charge in [-0.15, -0.1) is 0 Å². The Morgan fingerprint density at radius 1 is 0.824 bits per heavy atom. The molecular formula is C27H24N2O5. The van der Waals surface area contributed by atoms with Crippen LogP contribution >= 0.6 is 0 Å². The van der Waals surface area contributed by atoms with Crippen LogP contribution in [-0.4, -0.2) is 38.0 Å². The molecule has 3 atom stereocenters. The van der Waals surface area contributed by atoms with Gasteiger partial charge in [-0.25, -0.2) is 4.90 Å². The summed E-state index contributed by atoms with van der Waals surface area (Å²) in [6, 6.07) is 24.7. The lowest BCUT2D eigenvalue weighted by molar-refractivity contribution is -0.145. The van der Waals surface area contributed by atoms with Crippen molar-refractivity contribution in [1.82, 2.24) is 5.32 Å². The summed E-state index contributed by atoms with van der Waals surface area (Å²) in [5.41, 5.74) is 0.921. The molecule has 1 N–H and O–H groups in total. The number of rotatable bonds is 5. The van der Waals surface area contributed by atoms with E-state index >= 15 is 0 Å². The first-order valence-electron chi connectivity index (χ1n) is 11.0. The van der Waals surface area contributed by atoms with Crippen molar-refractivity contribution in [3.63, 3.8) is 0 Å². The van der Waals surface area contributed by atoms with Gasteiger partial charge in [-0.2, -0.15) is 0 Å². The lowest BCUT2D eigenvalue weighted by atomic mass is 9.72. The van der Waals surface area contributed by atoms with Crippen LogP contribution in [0.2, 0.25) is 0 Å². The second-order valence-electron chi connectivity index (χ2n) is 8.40. The average molecular weight is 456 g/mol. The number of ether oxygens (including phenoxy) is 2. The number of methoxy groups -OCH3 is 2. The topological polar surface area (TPSA) is 84.9 Å². The van der Waals surface area contributed by atoms with E-state index in [2.05, 4.69) is 5.32 Å². The third-order valence-corrected chi connectivity index (χ3v) is 6.80. The zero-order valence-corrected chi connectivity index (χ0v) is 18.8. The lowest BCUT2D eigenvalue weighted by Crippen LogP contribution is -2.51. The first-order valence-corrected chi connectivity index (χ1v) is 11.0. The maximum Gasteiger partial charge on any atom is 0.323 e. The molecule has 2 saturated heterocycles.